The van der Waals surface area contributed by atoms with E-state index in [9.17, 15) is 9.90 Å². The first-order valence-electron chi connectivity index (χ1n) is 5.65. The summed E-state index contributed by atoms with van der Waals surface area (Å²) in [7, 11) is 0. The summed E-state index contributed by atoms with van der Waals surface area (Å²) in [5.41, 5.74) is 0. The van der Waals surface area contributed by atoms with Gasteiger partial charge in [-0.3, -0.25) is 4.79 Å². The third-order valence-electron chi connectivity index (χ3n) is 3.42. The van der Waals surface area contributed by atoms with Crippen LogP contribution in [0, 0.1) is 11.8 Å². The molecule has 3 heteroatoms. The molecule has 0 spiro atoms. The zero-order valence-corrected chi connectivity index (χ0v) is 8.70. The molecule has 2 fully saturated rings. The van der Waals surface area contributed by atoms with Gasteiger partial charge in [0.1, 0.15) is 0 Å². The Bertz CT molecular complexity index is 225. The van der Waals surface area contributed by atoms with Gasteiger partial charge in [0.05, 0.1) is 6.10 Å². The average Bonchev–Trinajstić information content (AvgIpc) is 2.94. The third kappa shape index (κ3) is 2.27. The maximum absolute atomic E-state index is 11.5. The highest BCUT2D eigenvalue weighted by Crippen LogP contribution is 2.30. The molecule has 0 aromatic heterocycles. The van der Waals surface area contributed by atoms with Gasteiger partial charge in [-0.1, -0.05) is 6.92 Å². The zero-order valence-electron chi connectivity index (χ0n) is 8.70. The van der Waals surface area contributed by atoms with Crippen LogP contribution >= 0.6 is 0 Å². The molecule has 0 aromatic rings. The van der Waals surface area contributed by atoms with Gasteiger partial charge in [-0.2, -0.15) is 0 Å². The fourth-order valence-electron chi connectivity index (χ4n) is 2.18. The summed E-state index contributed by atoms with van der Waals surface area (Å²) >= 11 is 0. The van der Waals surface area contributed by atoms with Crippen molar-refractivity contribution in [2.24, 2.45) is 11.8 Å². The van der Waals surface area contributed by atoms with E-state index in [1.54, 1.807) is 0 Å². The second-order valence-corrected chi connectivity index (χ2v) is 4.84. The van der Waals surface area contributed by atoms with Gasteiger partial charge >= 0.3 is 0 Å². The molecule has 2 aliphatic rings. The molecule has 80 valence electrons. The highest BCUT2D eigenvalue weighted by Gasteiger charge is 2.33. The molecular weight excluding hydrogens is 178 g/mol. The van der Waals surface area contributed by atoms with E-state index in [4.69, 9.17) is 0 Å². The highest BCUT2D eigenvalue weighted by atomic mass is 16.3. The number of rotatable bonds is 2. The monoisotopic (exact) mass is 197 g/mol. The first-order valence-corrected chi connectivity index (χ1v) is 5.65. The molecule has 1 unspecified atom stereocenters. The SMILES string of the molecule is CC1C[C@H](NC(=O)C2CC2)CC[C@@H]1O. The lowest BCUT2D eigenvalue weighted by Crippen LogP contribution is -2.42. The van der Waals surface area contributed by atoms with Crippen LogP contribution < -0.4 is 5.32 Å². The van der Waals surface area contributed by atoms with Gasteiger partial charge in [-0.15, -0.1) is 0 Å². The molecule has 2 aliphatic carbocycles. The molecule has 0 bridgehead atoms. The third-order valence-corrected chi connectivity index (χ3v) is 3.42. The van der Waals surface area contributed by atoms with Crippen molar-refractivity contribution in [2.75, 3.05) is 0 Å². The number of hydrogen-bond donors (Lipinski definition) is 2. The molecule has 3 atom stereocenters. The molecule has 0 heterocycles. The molecule has 3 nitrogen and oxygen atoms in total. The van der Waals surface area contributed by atoms with E-state index in [0.29, 0.717) is 17.9 Å². The van der Waals surface area contributed by atoms with Crippen molar-refractivity contribution in [3.8, 4) is 0 Å². The van der Waals surface area contributed by atoms with Crippen molar-refractivity contribution >= 4 is 5.91 Å². The summed E-state index contributed by atoms with van der Waals surface area (Å²) in [5, 5.41) is 12.6. The van der Waals surface area contributed by atoms with Gasteiger partial charge in [-0.05, 0) is 38.0 Å². The standard InChI is InChI=1S/C11H19NO2/c1-7-6-9(4-5-10(7)13)12-11(14)8-2-3-8/h7-10,13H,2-6H2,1H3,(H,12,14)/t7?,9-,10+/m1/s1. The Morgan fingerprint density at radius 1 is 1.29 bits per heavy atom. The molecule has 0 saturated heterocycles. The Hall–Kier alpha value is -0.570. The predicted octanol–water partition coefficient (Wildman–Crippen LogP) is 1.06. The van der Waals surface area contributed by atoms with E-state index >= 15 is 0 Å². The van der Waals surface area contributed by atoms with Gasteiger partial charge in [0.15, 0.2) is 0 Å². The van der Waals surface area contributed by atoms with Gasteiger partial charge in [0.25, 0.3) is 0 Å². The number of carbonyl (C=O) groups excluding carboxylic acids is 1. The second kappa shape index (κ2) is 3.89. The van der Waals surface area contributed by atoms with Gasteiger partial charge in [0.2, 0.25) is 5.91 Å². The van der Waals surface area contributed by atoms with Crippen LogP contribution in [0.4, 0.5) is 0 Å². The lowest BCUT2D eigenvalue weighted by Gasteiger charge is -2.31. The van der Waals surface area contributed by atoms with Gasteiger partial charge in [0, 0.05) is 12.0 Å². The fraction of sp³-hybridized carbons (Fsp3) is 0.909. The lowest BCUT2D eigenvalue weighted by molar-refractivity contribution is -0.123. The number of nitrogens with one attached hydrogen (secondary N) is 1. The fourth-order valence-corrected chi connectivity index (χ4v) is 2.18. The van der Waals surface area contributed by atoms with E-state index in [0.717, 1.165) is 32.1 Å². The Balaban J connectivity index is 1.78. The maximum atomic E-state index is 11.5. The number of hydrogen-bond acceptors (Lipinski definition) is 2. The maximum Gasteiger partial charge on any atom is 0.223 e. The van der Waals surface area contributed by atoms with Gasteiger partial charge in [-0.25, -0.2) is 0 Å². The smallest absolute Gasteiger partial charge is 0.223 e. The van der Waals surface area contributed by atoms with Crippen molar-refractivity contribution in [3.63, 3.8) is 0 Å². The number of carbonyl (C=O) groups is 1. The van der Waals surface area contributed by atoms with E-state index in [2.05, 4.69) is 12.2 Å². The molecule has 14 heavy (non-hydrogen) atoms. The largest absolute Gasteiger partial charge is 0.393 e. The van der Waals surface area contributed by atoms with Crippen molar-refractivity contribution in [2.45, 2.75) is 51.2 Å². The average molecular weight is 197 g/mol. The molecular formula is C11H19NO2. The van der Waals surface area contributed by atoms with Crippen LogP contribution in [0.15, 0.2) is 0 Å². The summed E-state index contributed by atoms with van der Waals surface area (Å²) in [6.45, 7) is 2.06. The topological polar surface area (TPSA) is 49.3 Å². The van der Waals surface area contributed by atoms with Crippen LogP contribution in [-0.4, -0.2) is 23.2 Å². The minimum atomic E-state index is -0.163. The van der Waals surface area contributed by atoms with Gasteiger partial charge < -0.3 is 10.4 Å². The zero-order chi connectivity index (χ0) is 10.1. The van der Waals surface area contributed by atoms with E-state index in [1.807, 2.05) is 0 Å². The van der Waals surface area contributed by atoms with Crippen LogP contribution in [0.25, 0.3) is 0 Å². The number of aliphatic hydroxyl groups excluding tert-OH is 1. The van der Waals surface area contributed by atoms with Crippen molar-refractivity contribution < 1.29 is 9.90 Å². The molecule has 2 rings (SSSR count). The molecule has 0 radical (unpaired) electrons. The van der Waals surface area contributed by atoms with Crippen LogP contribution in [0.2, 0.25) is 0 Å². The van der Waals surface area contributed by atoms with Crippen LogP contribution in [-0.2, 0) is 4.79 Å². The Labute approximate surface area is 84.9 Å². The van der Waals surface area contributed by atoms with Crippen molar-refractivity contribution in [3.05, 3.63) is 0 Å². The molecule has 0 aromatic carbocycles. The van der Waals surface area contributed by atoms with E-state index in [1.165, 1.54) is 0 Å². The number of amides is 1. The molecule has 2 N–H and O–H groups in total. The summed E-state index contributed by atoms with van der Waals surface area (Å²) in [6.07, 6.45) is 4.66. The van der Waals surface area contributed by atoms with E-state index < -0.39 is 0 Å². The Kier molecular flexibility index (Phi) is 2.77. The summed E-state index contributed by atoms with van der Waals surface area (Å²) < 4.78 is 0. The summed E-state index contributed by atoms with van der Waals surface area (Å²) in [6, 6.07) is 0.307. The Morgan fingerprint density at radius 3 is 2.57 bits per heavy atom. The normalized spacial score (nSPS) is 38.0. The van der Waals surface area contributed by atoms with Crippen LogP contribution in [0.1, 0.15) is 39.0 Å². The second-order valence-electron chi connectivity index (χ2n) is 4.84. The summed E-state index contributed by atoms with van der Waals surface area (Å²) in [5.74, 6) is 0.865. The van der Waals surface area contributed by atoms with Crippen molar-refractivity contribution in [1.29, 1.82) is 0 Å². The quantitative estimate of drug-likeness (QED) is 0.695. The first-order chi connectivity index (χ1) is 6.66. The summed E-state index contributed by atoms with van der Waals surface area (Å²) in [4.78, 5) is 11.5. The van der Waals surface area contributed by atoms with Crippen LogP contribution in [0.3, 0.4) is 0 Å². The van der Waals surface area contributed by atoms with Crippen molar-refractivity contribution in [1.82, 2.24) is 5.32 Å². The lowest BCUT2D eigenvalue weighted by atomic mass is 9.84. The van der Waals surface area contributed by atoms with Crippen LogP contribution in [0.5, 0.6) is 0 Å². The minimum absolute atomic E-state index is 0.163. The molecule has 0 aliphatic heterocycles. The molecule has 2 saturated carbocycles. The van der Waals surface area contributed by atoms with E-state index in [-0.39, 0.29) is 12.0 Å². The Morgan fingerprint density at radius 2 is 2.00 bits per heavy atom. The minimum Gasteiger partial charge on any atom is -0.393 e. The highest BCUT2D eigenvalue weighted by molar-refractivity contribution is 5.81. The number of aliphatic hydroxyl groups is 1. The molecule has 1 amide bonds. The predicted molar refractivity (Wildman–Crippen MR) is 53.7 cm³/mol. The first kappa shape index (κ1) is 9.97.